The van der Waals surface area contributed by atoms with Crippen LogP contribution in [-0.2, 0) is 12.4 Å². The van der Waals surface area contributed by atoms with E-state index in [2.05, 4.69) is 0 Å². The van der Waals surface area contributed by atoms with Crippen molar-refractivity contribution in [2.24, 2.45) is 5.92 Å². The molecule has 1 unspecified atom stereocenters. The Morgan fingerprint density at radius 2 is 1.40 bits per heavy atom. The Morgan fingerprint density at radius 3 is 1.75 bits per heavy atom. The molecule has 1 aromatic rings. The van der Waals surface area contributed by atoms with Crippen molar-refractivity contribution >= 4 is 0 Å². The fourth-order valence-corrected chi connectivity index (χ4v) is 1.98. The first-order valence-corrected chi connectivity index (χ1v) is 6.05. The molecule has 0 bridgehead atoms. The number of aliphatic hydroxyl groups excluding tert-OH is 1. The first-order valence-electron chi connectivity index (χ1n) is 6.05. The lowest BCUT2D eigenvalue weighted by atomic mass is 9.98. The van der Waals surface area contributed by atoms with Crippen LogP contribution in [0.3, 0.4) is 0 Å². The summed E-state index contributed by atoms with van der Waals surface area (Å²) in [6.07, 6.45) is -9.17. The number of benzene rings is 1. The molecule has 1 saturated carbocycles. The van der Waals surface area contributed by atoms with E-state index in [0.717, 1.165) is 12.8 Å². The highest BCUT2D eigenvalue weighted by molar-refractivity contribution is 5.34. The molecule has 0 radical (unpaired) electrons. The van der Waals surface area contributed by atoms with Crippen LogP contribution in [0, 0.1) is 5.92 Å². The molecule has 1 aromatic carbocycles. The van der Waals surface area contributed by atoms with Gasteiger partial charge in [-0.15, -0.1) is 0 Å². The number of halogens is 6. The van der Waals surface area contributed by atoms with Crippen LogP contribution < -0.4 is 0 Å². The summed E-state index contributed by atoms with van der Waals surface area (Å²) in [7, 11) is 0. The second-order valence-electron chi connectivity index (χ2n) is 5.03. The highest BCUT2D eigenvalue weighted by Crippen LogP contribution is 2.41. The van der Waals surface area contributed by atoms with Crippen LogP contribution in [-0.4, -0.2) is 5.11 Å². The number of aliphatic hydroxyl groups is 1. The molecule has 2 rings (SSSR count). The molecule has 0 amide bonds. The second-order valence-corrected chi connectivity index (χ2v) is 5.03. The van der Waals surface area contributed by atoms with Gasteiger partial charge in [0.15, 0.2) is 0 Å². The van der Waals surface area contributed by atoms with E-state index in [9.17, 15) is 31.4 Å². The second kappa shape index (κ2) is 4.95. The van der Waals surface area contributed by atoms with Gasteiger partial charge in [0.25, 0.3) is 0 Å². The van der Waals surface area contributed by atoms with Crippen molar-refractivity contribution in [1.29, 1.82) is 0 Å². The van der Waals surface area contributed by atoms with Gasteiger partial charge in [0.05, 0.1) is 17.2 Å². The molecule has 0 heterocycles. The summed E-state index contributed by atoms with van der Waals surface area (Å²) in [5, 5.41) is 9.78. The maximum atomic E-state index is 12.6. The topological polar surface area (TPSA) is 20.2 Å². The molecule has 1 fully saturated rings. The lowest BCUT2D eigenvalue weighted by Gasteiger charge is -2.17. The molecule has 7 heteroatoms. The van der Waals surface area contributed by atoms with E-state index in [0.29, 0.717) is 12.1 Å². The van der Waals surface area contributed by atoms with Crippen LogP contribution in [0.15, 0.2) is 18.2 Å². The van der Waals surface area contributed by atoms with Crippen molar-refractivity contribution in [2.45, 2.75) is 37.7 Å². The Kier molecular flexibility index (Phi) is 3.75. The standard InChI is InChI=1S/C13H12F6O/c14-12(15,16)9-4-8(11(20)3-7-1-2-7)5-10(6-9)13(17,18)19/h4-7,11,20H,1-3H2. The molecule has 112 valence electrons. The van der Waals surface area contributed by atoms with Gasteiger partial charge >= 0.3 is 12.4 Å². The summed E-state index contributed by atoms with van der Waals surface area (Å²) < 4.78 is 75.8. The first-order chi connectivity index (χ1) is 9.07. The van der Waals surface area contributed by atoms with Crippen molar-refractivity contribution in [3.63, 3.8) is 0 Å². The van der Waals surface area contributed by atoms with Crippen molar-refractivity contribution in [3.8, 4) is 0 Å². The molecule has 1 aliphatic carbocycles. The van der Waals surface area contributed by atoms with Crippen molar-refractivity contribution in [3.05, 3.63) is 34.9 Å². The maximum Gasteiger partial charge on any atom is 0.416 e. The highest BCUT2D eigenvalue weighted by atomic mass is 19.4. The molecule has 1 nitrogen and oxygen atoms in total. The summed E-state index contributed by atoms with van der Waals surface area (Å²) >= 11 is 0. The first kappa shape index (κ1) is 15.2. The van der Waals surface area contributed by atoms with Crippen LogP contribution in [0.1, 0.15) is 42.1 Å². The van der Waals surface area contributed by atoms with E-state index < -0.39 is 29.6 Å². The van der Waals surface area contributed by atoms with Gasteiger partial charge < -0.3 is 5.11 Å². The van der Waals surface area contributed by atoms with E-state index in [1.54, 1.807) is 0 Å². The summed E-state index contributed by atoms with van der Waals surface area (Å²) in [4.78, 5) is 0. The average Bonchev–Trinajstić information content (AvgIpc) is 3.10. The van der Waals surface area contributed by atoms with Crippen molar-refractivity contribution in [1.82, 2.24) is 0 Å². The molecule has 1 atom stereocenters. The zero-order valence-electron chi connectivity index (χ0n) is 10.2. The lowest BCUT2D eigenvalue weighted by molar-refractivity contribution is -0.143. The zero-order valence-corrected chi connectivity index (χ0v) is 10.2. The summed E-state index contributed by atoms with van der Waals surface area (Å²) in [6, 6.07) is 1.23. The predicted octanol–water partition coefficient (Wildman–Crippen LogP) is 4.56. The van der Waals surface area contributed by atoms with Crippen LogP contribution in [0.2, 0.25) is 0 Å². The highest BCUT2D eigenvalue weighted by Gasteiger charge is 2.37. The molecular formula is C13H12F6O. The van der Waals surface area contributed by atoms with Crippen LogP contribution in [0.25, 0.3) is 0 Å². The van der Waals surface area contributed by atoms with Gasteiger partial charge in [-0.1, -0.05) is 12.8 Å². The minimum Gasteiger partial charge on any atom is -0.388 e. The zero-order chi connectivity index (χ0) is 15.1. The summed E-state index contributed by atoms with van der Waals surface area (Å²) in [5.41, 5.74) is -3.12. The number of hydrogen-bond donors (Lipinski definition) is 1. The molecular weight excluding hydrogens is 286 g/mol. The number of rotatable bonds is 3. The normalized spacial score (nSPS) is 18.1. The van der Waals surface area contributed by atoms with Gasteiger partial charge in [0, 0.05) is 0 Å². The molecule has 20 heavy (non-hydrogen) atoms. The third-order valence-corrected chi connectivity index (χ3v) is 3.25. The lowest BCUT2D eigenvalue weighted by Crippen LogP contribution is -2.13. The van der Waals surface area contributed by atoms with E-state index in [1.807, 2.05) is 0 Å². The monoisotopic (exact) mass is 298 g/mol. The Labute approximate surface area is 111 Å². The minimum absolute atomic E-state index is 0.0628. The smallest absolute Gasteiger partial charge is 0.388 e. The SMILES string of the molecule is OC(CC1CC1)c1cc(C(F)(F)F)cc(C(F)(F)F)c1. The van der Waals surface area contributed by atoms with Crippen molar-refractivity contribution in [2.75, 3.05) is 0 Å². The van der Waals surface area contributed by atoms with Gasteiger partial charge in [-0.3, -0.25) is 0 Å². The fraction of sp³-hybridized carbons (Fsp3) is 0.538. The van der Waals surface area contributed by atoms with E-state index in [1.165, 1.54) is 0 Å². The fourth-order valence-electron chi connectivity index (χ4n) is 1.98. The van der Waals surface area contributed by atoms with E-state index in [-0.39, 0.29) is 24.0 Å². The third kappa shape index (κ3) is 3.65. The van der Waals surface area contributed by atoms with Crippen LogP contribution in [0.4, 0.5) is 26.3 Å². The Balaban J connectivity index is 2.39. The largest absolute Gasteiger partial charge is 0.416 e. The summed E-state index contributed by atoms with van der Waals surface area (Å²) in [6.45, 7) is 0. The van der Waals surface area contributed by atoms with Crippen LogP contribution in [0.5, 0.6) is 0 Å². The van der Waals surface area contributed by atoms with E-state index in [4.69, 9.17) is 0 Å². The summed E-state index contributed by atoms with van der Waals surface area (Å²) in [5.74, 6) is 0.189. The Morgan fingerprint density at radius 1 is 0.950 bits per heavy atom. The number of alkyl halides is 6. The number of hydrogen-bond acceptors (Lipinski definition) is 1. The van der Waals surface area contributed by atoms with Gasteiger partial charge in [-0.25, -0.2) is 0 Å². The molecule has 1 N–H and O–H groups in total. The van der Waals surface area contributed by atoms with Gasteiger partial charge in [-0.2, -0.15) is 26.3 Å². The van der Waals surface area contributed by atoms with Gasteiger partial charge in [0.1, 0.15) is 0 Å². The molecule has 0 aliphatic heterocycles. The predicted molar refractivity (Wildman–Crippen MR) is 58.7 cm³/mol. The molecule has 0 spiro atoms. The third-order valence-electron chi connectivity index (χ3n) is 3.25. The van der Waals surface area contributed by atoms with E-state index >= 15 is 0 Å². The molecule has 1 aliphatic rings. The van der Waals surface area contributed by atoms with Crippen molar-refractivity contribution < 1.29 is 31.4 Å². The quantitative estimate of drug-likeness (QED) is 0.811. The Bertz CT molecular complexity index is 454. The minimum atomic E-state index is -4.88. The van der Waals surface area contributed by atoms with Crippen LogP contribution >= 0.6 is 0 Å². The Hall–Kier alpha value is -1.24. The molecule has 0 aromatic heterocycles. The maximum absolute atomic E-state index is 12.6. The molecule has 0 saturated heterocycles. The van der Waals surface area contributed by atoms with Gasteiger partial charge in [0.2, 0.25) is 0 Å². The average molecular weight is 298 g/mol. The van der Waals surface area contributed by atoms with Gasteiger partial charge in [-0.05, 0) is 36.1 Å².